The number of hydrogen-bond acceptors (Lipinski definition) is 12. The molecule has 3 amide bonds. The summed E-state index contributed by atoms with van der Waals surface area (Å²) in [5, 5.41) is 15.8. The number of methoxy groups -OCH3 is 1. The van der Waals surface area contributed by atoms with E-state index < -0.39 is 86.1 Å². The molecule has 68 heavy (non-hydrogen) atoms. The van der Waals surface area contributed by atoms with Crippen molar-refractivity contribution >= 4 is 42.9 Å². The summed E-state index contributed by atoms with van der Waals surface area (Å²) in [5.74, 6) is -5.71. The van der Waals surface area contributed by atoms with Crippen molar-refractivity contribution in [3.63, 3.8) is 0 Å². The Morgan fingerprint density at radius 2 is 1.53 bits per heavy atom. The van der Waals surface area contributed by atoms with Crippen molar-refractivity contribution in [1.29, 1.82) is 0 Å². The molecule has 3 rings (SSSR count). The number of amides is 3. The van der Waals surface area contributed by atoms with Gasteiger partial charge < -0.3 is 44.5 Å². The van der Waals surface area contributed by atoms with Gasteiger partial charge in [0.1, 0.15) is 17.9 Å². The smallest absolute Gasteiger partial charge is 0.394 e. The third kappa shape index (κ3) is 21.6. The van der Waals surface area contributed by atoms with Gasteiger partial charge in [-0.3, -0.25) is 33.3 Å². The van der Waals surface area contributed by atoms with Crippen LogP contribution < -0.4 is 10.6 Å². The second-order valence-corrected chi connectivity index (χ2v) is 19.6. The summed E-state index contributed by atoms with van der Waals surface area (Å²) < 4.78 is 28.6. The number of likely N-dealkylation sites (tertiary alicyclic amines) is 1. The fourth-order valence-corrected chi connectivity index (χ4v) is 9.21. The van der Waals surface area contributed by atoms with E-state index in [1.54, 1.807) is 19.6 Å². The summed E-state index contributed by atoms with van der Waals surface area (Å²) in [7, 11) is -3.47. The van der Waals surface area contributed by atoms with Gasteiger partial charge >= 0.3 is 7.82 Å². The van der Waals surface area contributed by atoms with Crippen LogP contribution in [0, 0.1) is 17.8 Å². The molecule has 6 atom stereocenters. The maximum atomic E-state index is 14.4. The Kier molecular flexibility index (Phi) is 26.6. The maximum absolute atomic E-state index is 14.4. The highest BCUT2D eigenvalue weighted by Crippen LogP contribution is 2.39. The first-order valence-electron chi connectivity index (χ1n) is 24.3. The van der Waals surface area contributed by atoms with Crippen molar-refractivity contribution < 1.29 is 62.2 Å². The van der Waals surface area contributed by atoms with Crippen LogP contribution in [0.5, 0.6) is 0 Å². The molecule has 1 aromatic heterocycles. The molecule has 0 radical (unpaired) electrons. The molecule has 2 aromatic rings. The van der Waals surface area contributed by atoms with E-state index in [0.717, 1.165) is 39.0 Å². The van der Waals surface area contributed by atoms with Gasteiger partial charge in [-0.25, -0.2) is 9.55 Å². The summed E-state index contributed by atoms with van der Waals surface area (Å²) in [6, 6.07) is 7.18. The molecule has 0 saturated carbocycles. The van der Waals surface area contributed by atoms with Crippen LogP contribution in [0.15, 0.2) is 42.9 Å². The topological polar surface area (TPSA) is 253 Å². The van der Waals surface area contributed by atoms with Crippen LogP contribution in [0.3, 0.4) is 0 Å². The molecule has 19 heteroatoms. The van der Waals surface area contributed by atoms with Crippen molar-refractivity contribution in [3.8, 4) is 0 Å². The Hall–Kier alpha value is -4.16. The lowest BCUT2D eigenvalue weighted by Gasteiger charge is -2.28. The average molecular weight is 976 g/mol. The Morgan fingerprint density at radius 1 is 0.868 bits per heavy atom. The molecule has 2 heterocycles. The van der Waals surface area contributed by atoms with Crippen molar-refractivity contribution in [2.24, 2.45) is 17.8 Å². The van der Waals surface area contributed by atoms with Crippen LogP contribution >= 0.6 is 7.82 Å². The number of rotatable bonds is 36. The quantitative estimate of drug-likeness (QED) is 0.0441. The molecular weight excluding hydrogens is 898 g/mol. The number of hydrogen-bond donors (Lipinski definition) is 5. The second-order valence-electron chi connectivity index (χ2n) is 18.4. The Morgan fingerprint density at radius 3 is 2.16 bits per heavy atom. The Labute approximate surface area is 402 Å². The molecule has 1 aliphatic rings. The lowest BCUT2D eigenvalue weighted by atomic mass is 9.89. The van der Waals surface area contributed by atoms with E-state index in [1.165, 1.54) is 43.1 Å². The van der Waals surface area contributed by atoms with Gasteiger partial charge in [0, 0.05) is 51.4 Å². The van der Waals surface area contributed by atoms with E-state index >= 15 is 0 Å². The van der Waals surface area contributed by atoms with Crippen molar-refractivity contribution in [2.75, 3.05) is 40.1 Å². The number of aromatic nitrogens is 2. The zero-order chi connectivity index (χ0) is 50.1. The van der Waals surface area contributed by atoms with Gasteiger partial charge in [0.05, 0.1) is 63.2 Å². The van der Waals surface area contributed by atoms with E-state index in [4.69, 9.17) is 9.47 Å². The van der Waals surface area contributed by atoms with Crippen molar-refractivity contribution in [3.05, 3.63) is 54.1 Å². The molecule has 0 aliphatic carbocycles. The molecule has 5 N–H and O–H groups in total. The number of unbranched alkanes of at least 4 members (excludes halogenated alkanes) is 7. The molecule has 0 bridgehead atoms. The predicted molar refractivity (Wildman–Crippen MR) is 255 cm³/mol. The largest absolute Gasteiger partial charge is 0.469 e. The zero-order valence-electron chi connectivity index (χ0n) is 40.9. The summed E-state index contributed by atoms with van der Waals surface area (Å²) >= 11 is 0. The standard InChI is InChI=1S/C49H78N5O13P/c1-35(2)28-42(51-49(61)44-21-17-24-54(44)47(59)22-25-66-27-26-65-5)45(57)30-39(48(60)52-43(33-55)46(58)31-41(36(3)56)37(4)67-68(62,63)64)29-40-32-50-34-53(40)23-16-11-9-7-6-8-10-13-18-38-19-14-12-15-20-38/h12,14-15,19-20,32,34-35,37,39,41-44,55H,6-11,13,16-18,21-31,33H2,1-5H3,(H,51,61)(H,52,60)(H2,62,63,64)/t37-,39-,41-,42+,43+,44+/m1/s1. The molecule has 1 fully saturated rings. The Balaban J connectivity index is 1.73. The first-order chi connectivity index (χ1) is 32.4. The Bertz CT molecular complexity index is 1910. The third-order valence-corrected chi connectivity index (χ3v) is 13.0. The minimum atomic E-state index is -5.02. The lowest BCUT2D eigenvalue weighted by molar-refractivity contribution is -0.140. The summed E-state index contributed by atoms with van der Waals surface area (Å²) in [4.78, 5) is 106. The van der Waals surface area contributed by atoms with Gasteiger partial charge in [-0.1, -0.05) is 82.7 Å². The molecular formula is C49H78N5O13P. The number of aliphatic hydroxyl groups is 1. The van der Waals surface area contributed by atoms with E-state index in [2.05, 4.69) is 44.4 Å². The number of nitrogens with zero attached hydrogens (tertiary/aromatic N) is 3. The number of Topliss-reactive ketones (excluding diaryl/α,β-unsaturated/α-hetero) is 3. The number of nitrogens with one attached hydrogen (secondary N) is 2. The number of carbonyl (C=O) groups excluding carboxylic acids is 6. The molecule has 1 aliphatic heterocycles. The summed E-state index contributed by atoms with van der Waals surface area (Å²) in [6.07, 6.45) is 12.2. The van der Waals surface area contributed by atoms with Crippen LogP contribution in [-0.4, -0.2) is 129 Å². The zero-order valence-corrected chi connectivity index (χ0v) is 41.7. The maximum Gasteiger partial charge on any atom is 0.469 e. The number of aryl methyl sites for hydroxylation is 2. The van der Waals surface area contributed by atoms with Gasteiger partial charge in [-0.05, 0) is 63.9 Å². The fourth-order valence-electron chi connectivity index (χ4n) is 8.63. The average Bonchev–Trinajstić information content (AvgIpc) is 3.97. The fraction of sp³-hybridized carbons (Fsp3) is 0.694. The number of aliphatic hydroxyl groups excluding tert-OH is 1. The van der Waals surface area contributed by atoms with Crippen LogP contribution in [0.25, 0.3) is 0 Å². The number of carbonyl (C=O) groups is 6. The van der Waals surface area contributed by atoms with E-state index in [-0.39, 0.29) is 44.1 Å². The first-order valence-corrected chi connectivity index (χ1v) is 25.9. The van der Waals surface area contributed by atoms with E-state index in [9.17, 15) is 48.2 Å². The normalized spacial score (nSPS) is 16.2. The molecule has 1 aromatic carbocycles. The third-order valence-electron chi connectivity index (χ3n) is 12.4. The van der Waals surface area contributed by atoms with Gasteiger partial charge in [-0.15, -0.1) is 0 Å². The predicted octanol–water partition coefficient (Wildman–Crippen LogP) is 5.08. The monoisotopic (exact) mass is 976 g/mol. The van der Waals surface area contributed by atoms with Crippen LogP contribution in [0.4, 0.5) is 0 Å². The lowest BCUT2D eigenvalue weighted by Crippen LogP contribution is -2.52. The summed E-state index contributed by atoms with van der Waals surface area (Å²) in [6.45, 7) is 7.20. The highest BCUT2D eigenvalue weighted by molar-refractivity contribution is 7.46. The highest BCUT2D eigenvalue weighted by atomic mass is 31.2. The number of phosphoric acid groups is 1. The van der Waals surface area contributed by atoms with Gasteiger partial charge in [0.25, 0.3) is 0 Å². The number of phosphoric ester groups is 1. The van der Waals surface area contributed by atoms with Crippen LogP contribution in [0.2, 0.25) is 0 Å². The minimum Gasteiger partial charge on any atom is -0.394 e. The second kappa shape index (κ2) is 31.1. The van der Waals surface area contributed by atoms with E-state index in [0.29, 0.717) is 44.8 Å². The van der Waals surface area contributed by atoms with Gasteiger partial charge in [0.15, 0.2) is 11.6 Å². The van der Waals surface area contributed by atoms with Crippen molar-refractivity contribution in [2.45, 2.75) is 161 Å². The molecule has 18 nitrogen and oxygen atoms in total. The van der Waals surface area contributed by atoms with Crippen LogP contribution in [0.1, 0.15) is 129 Å². The highest BCUT2D eigenvalue weighted by Gasteiger charge is 2.38. The number of benzene rings is 1. The number of imidazole rings is 1. The van der Waals surface area contributed by atoms with E-state index in [1.807, 2.05) is 24.5 Å². The van der Waals surface area contributed by atoms with Gasteiger partial charge in [0.2, 0.25) is 17.7 Å². The number of ketones is 3. The molecule has 382 valence electrons. The molecule has 0 spiro atoms. The first kappa shape index (κ1) is 58.2. The minimum absolute atomic E-state index is 0.0236. The molecule has 1 saturated heterocycles. The van der Waals surface area contributed by atoms with Crippen LogP contribution in [-0.2, 0) is 66.7 Å². The SMILES string of the molecule is COCCOCCC(=O)N1CCC[C@H]1C(=O)N[C@@H](CC(C)C)C(=O)C[C@@H](Cc1cncn1CCCCCCCCCCc1ccccc1)C(=O)N[C@@H](CO)C(=O)C[C@H](C(C)=O)[C@@H](C)OP(=O)(O)O. The molecule has 0 unspecified atom stereocenters. The number of ether oxygens (including phenoxy) is 2. The van der Waals surface area contributed by atoms with Gasteiger partial charge in [-0.2, -0.15) is 0 Å². The van der Waals surface area contributed by atoms with Crippen molar-refractivity contribution in [1.82, 2.24) is 25.1 Å². The summed E-state index contributed by atoms with van der Waals surface area (Å²) in [5.41, 5.74) is 2.03.